The number of nitrogens with one attached hydrogen (secondary N) is 1. The molecule has 0 radical (unpaired) electrons. The normalized spacial score (nSPS) is 47.8. The smallest absolute Gasteiger partial charge is 0.0758 e. The van der Waals surface area contributed by atoms with Gasteiger partial charge < -0.3 is 10.1 Å². The van der Waals surface area contributed by atoms with Gasteiger partial charge in [-0.25, -0.2) is 0 Å². The van der Waals surface area contributed by atoms with Crippen molar-refractivity contribution >= 4 is 0 Å². The first-order valence-corrected chi connectivity index (χ1v) is 6.01. The topological polar surface area (TPSA) is 24.5 Å². The highest BCUT2D eigenvalue weighted by molar-refractivity contribution is 5.04. The van der Waals surface area contributed by atoms with Gasteiger partial charge in [-0.2, -0.15) is 0 Å². The van der Waals surface area contributed by atoms with Gasteiger partial charge in [-0.05, 0) is 25.8 Å². The van der Waals surface area contributed by atoms with Gasteiger partial charge in [0.15, 0.2) is 0 Å². The van der Waals surface area contributed by atoms with Crippen LogP contribution in [-0.2, 0) is 4.74 Å². The first-order valence-electron chi connectivity index (χ1n) is 6.01. The first kappa shape index (κ1) is 9.13. The number of ether oxygens (including phenoxy) is 1. The Morgan fingerprint density at radius 2 is 2.36 bits per heavy atom. The Balaban J connectivity index is 1.81. The number of piperidine rings is 1. The number of hydrogen-bond donors (Lipinski definition) is 1. The van der Waals surface area contributed by atoms with E-state index < -0.39 is 0 Å². The number of morpholine rings is 1. The van der Waals surface area contributed by atoms with Crippen molar-refractivity contribution in [1.29, 1.82) is 0 Å². The molecule has 0 spiro atoms. The maximum Gasteiger partial charge on any atom is 0.0758 e. The fourth-order valence-electron chi connectivity index (χ4n) is 3.64. The maximum atomic E-state index is 5.87. The second-order valence-electron chi connectivity index (χ2n) is 4.75. The van der Waals surface area contributed by atoms with Crippen LogP contribution in [0.15, 0.2) is 0 Å². The van der Waals surface area contributed by atoms with Crippen molar-refractivity contribution in [2.45, 2.75) is 50.4 Å². The molecule has 4 atom stereocenters. The van der Waals surface area contributed by atoms with Gasteiger partial charge in [0.1, 0.15) is 0 Å². The van der Waals surface area contributed by atoms with Crippen molar-refractivity contribution in [3.63, 3.8) is 0 Å². The van der Waals surface area contributed by atoms with Crippen LogP contribution in [0.3, 0.4) is 0 Å². The Hall–Kier alpha value is -0.120. The molecule has 80 valence electrons. The third kappa shape index (κ3) is 1.23. The van der Waals surface area contributed by atoms with Gasteiger partial charge >= 0.3 is 0 Å². The Labute approximate surface area is 85.8 Å². The molecule has 0 aromatic heterocycles. The fourth-order valence-corrected chi connectivity index (χ4v) is 3.64. The van der Waals surface area contributed by atoms with Crippen molar-refractivity contribution in [2.75, 3.05) is 19.7 Å². The Morgan fingerprint density at radius 3 is 3.21 bits per heavy atom. The molecule has 14 heavy (non-hydrogen) atoms. The Bertz CT molecular complexity index is 219. The van der Waals surface area contributed by atoms with E-state index in [9.17, 15) is 0 Å². The van der Waals surface area contributed by atoms with E-state index in [1.54, 1.807) is 0 Å². The molecular weight excluding hydrogens is 176 g/mol. The summed E-state index contributed by atoms with van der Waals surface area (Å²) in [5, 5.41) is 3.65. The molecule has 3 heterocycles. The molecule has 3 fully saturated rings. The summed E-state index contributed by atoms with van der Waals surface area (Å²) in [7, 11) is 0. The SMILES string of the molecule is CCN1C2CC[C@H]1[C@@H]1NCCO[C@@H]1C2. The van der Waals surface area contributed by atoms with Gasteiger partial charge in [-0.3, -0.25) is 4.90 Å². The Kier molecular flexibility index (Phi) is 2.26. The van der Waals surface area contributed by atoms with Crippen LogP contribution in [0.4, 0.5) is 0 Å². The second kappa shape index (κ2) is 3.47. The summed E-state index contributed by atoms with van der Waals surface area (Å²) in [5.74, 6) is 0. The standard InChI is InChI=1S/C11H20N2O/c1-2-13-8-3-4-9(13)11-10(7-8)14-6-5-12-11/h8-12H,2-7H2,1H3/t8?,9-,10+,11-/m0/s1. The van der Waals surface area contributed by atoms with Gasteiger partial charge in [0.2, 0.25) is 0 Å². The van der Waals surface area contributed by atoms with Crippen LogP contribution in [0, 0.1) is 0 Å². The van der Waals surface area contributed by atoms with Crippen molar-refractivity contribution in [3.05, 3.63) is 0 Å². The van der Waals surface area contributed by atoms with E-state index in [1.165, 1.54) is 25.8 Å². The molecule has 3 aliphatic heterocycles. The largest absolute Gasteiger partial charge is 0.375 e. The zero-order chi connectivity index (χ0) is 9.54. The molecule has 3 saturated heterocycles. The van der Waals surface area contributed by atoms with Crippen LogP contribution in [0.2, 0.25) is 0 Å². The lowest BCUT2D eigenvalue weighted by molar-refractivity contribution is -0.0678. The van der Waals surface area contributed by atoms with Crippen LogP contribution in [0.25, 0.3) is 0 Å². The van der Waals surface area contributed by atoms with Gasteiger partial charge in [0.25, 0.3) is 0 Å². The highest BCUT2D eigenvalue weighted by atomic mass is 16.5. The molecule has 1 unspecified atom stereocenters. The zero-order valence-corrected chi connectivity index (χ0v) is 8.91. The van der Waals surface area contributed by atoms with Crippen LogP contribution >= 0.6 is 0 Å². The van der Waals surface area contributed by atoms with E-state index in [0.29, 0.717) is 12.1 Å². The van der Waals surface area contributed by atoms with Crippen molar-refractivity contribution < 1.29 is 4.74 Å². The Morgan fingerprint density at radius 1 is 1.43 bits per heavy atom. The van der Waals surface area contributed by atoms with Crippen molar-refractivity contribution in [2.24, 2.45) is 0 Å². The quantitative estimate of drug-likeness (QED) is 0.664. The number of hydrogen-bond acceptors (Lipinski definition) is 3. The molecule has 0 aromatic carbocycles. The van der Waals surface area contributed by atoms with E-state index >= 15 is 0 Å². The molecule has 3 aliphatic rings. The van der Waals surface area contributed by atoms with E-state index in [-0.39, 0.29) is 0 Å². The van der Waals surface area contributed by atoms with Crippen LogP contribution in [0.5, 0.6) is 0 Å². The lowest BCUT2D eigenvalue weighted by Crippen LogP contribution is -2.63. The minimum atomic E-state index is 0.504. The lowest BCUT2D eigenvalue weighted by atomic mass is 9.93. The number of likely N-dealkylation sites (N-methyl/N-ethyl adjacent to an activating group) is 1. The third-order valence-corrected chi connectivity index (χ3v) is 4.19. The summed E-state index contributed by atoms with van der Waals surface area (Å²) in [6.07, 6.45) is 4.51. The van der Waals surface area contributed by atoms with Crippen LogP contribution in [-0.4, -0.2) is 48.8 Å². The molecule has 0 aromatic rings. The van der Waals surface area contributed by atoms with Crippen molar-refractivity contribution in [1.82, 2.24) is 10.2 Å². The summed E-state index contributed by atoms with van der Waals surface area (Å²) >= 11 is 0. The molecule has 0 amide bonds. The molecule has 3 rings (SSSR count). The maximum absolute atomic E-state index is 5.87. The highest BCUT2D eigenvalue weighted by Gasteiger charge is 2.47. The van der Waals surface area contributed by atoms with Gasteiger partial charge in [0, 0.05) is 24.7 Å². The summed E-state index contributed by atoms with van der Waals surface area (Å²) in [5.41, 5.74) is 0. The average molecular weight is 196 g/mol. The van der Waals surface area contributed by atoms with Gasteiger partial charge in [0.05, 0.1) is 12.7 Å². The van der Waals surface area contributed by atoms with E-state index in [1.807, 2.05) is 0 Å². The summed E-state index contributed by atoms with van der Waals surface area (Å²) in [4.78, 5) is 2.68. The highest BCUT2D eigenvalue weighted by Crippen LogP contribution is 2.37. The van der Waals surface area contributed by atoms with Crippen molar-refractivity contribution in [3.8, 4) is 0 Å². The minimum absolute atomic E-state index is 0.504. The summed E-state index contributed by atoms with van der Waals surface area (Å²) < 4.78 is 5.87. The van der Waals surface area contributed by atoms with Gasteiger partial charge in [-0.1, -0.05) is 6.92 Å². The summed E-state index contributed by atoms with van der Waals surface area (Å²) in [6, 6.07) is 2.18. The average Bonchev–Trinajstić information content (AvgIpc) is 2.53. The number of rotatable bonds is 1. The second-order valence-corrected chi connectivity index (χ2v) is 4.75. The van der Waals surface area contributed by atoms with Crippen LogP contribution < -0.4 is 5.32 Å². The van der Waals surface area contributed by atoms with E-state index in [0.717, 1.165) is 25.2 Å². The van der Waals surface area contributed by atoms with Crippen LogP contribution in [0.1, 0.15) is 26.2 Å². The molecule has 2 bridgehead atoms. The number of nitrogens with zero attached hydrogens (tertiary/aromatic N) is 1. The molecule has 3 heteroatoms. The monoisotopic (exact) mass is 196 g/mol. The minimum Gasteiger partial charge on any atom is -0.375 e. The molecule has 0 aliphatic carbocycles. The van der Waals surface area contributed by atoms with Gasteiger partial charge in [-0.15, -0.1) is 0 Å². The first-order chi connectivity index (χ1) is 6.90. The fraction of sp³-hybridized carbons (Fsp3) is 1.00. The zero-order valence-electron chi connectivity index (χ0n) is 8.91. The summed E-state index contributed by atoms with van der Waals surface area (Å²) in [6.45, 7) is 5.45. The predicted molar refractivity (Wildman–Crippen MR) is 55.3 cm³/mol. The lowest BCUT2D eigenvalue weighted by Gasteiger charge is -2.46. The van der Waals surface area contributed by atoms with E-state index in [4.69, 9.17) is 4.74 Å². The molecule has 3 nitrogen and oxygen atoms in total. The predicted octanol–water partition coefficient (Wildman–Crippen LogP) is 0.600. The molecule has 0 saturated carbocycles. The molecule has 1 N–H and O–H groups in total. The number of fused-ring (bicyclic) bond motifs is 4. The molecular formula is C11H20N2O. The van der Waals surface area contributed by atoms with E-state index in [2.05, 4.69) is 17.1 Å². The third-order valence-electron chi connectivity index (χ3n) is 4.19.